The van der Waals surface area contributed by atoms with E-state index >= 15 is 0 Å². The molecule has 4 N–H and O–H groups in total. The van der Waals surface area contributed by atoms with Gasteiger partial charge in [0.2, 0.25) is 0 Å². The number of aryl methyl sites for hydroxylation is 1. The summed E-state index contributed by atoms with van der Waals surface area (Å²) in [6.07, 6.45) is 1.42. The summed E-state index contributed by atoms with van der Waals surface area (Å²) in [6, 6.07) is 13.0. The summed E-state index contributed by atoms with van der Waals surface area (Å²) in [7, 11) is 0. The zero-order chi connectivity index (χ0) is 20.1. The van der Waals surface area contributed by atoms with Crippen molar-refractivity contribution in [3.8, 4) is 0 Å². The van der Waals surface area contributed by atoms with Gasteiger partial charge in [-0.05, 0) is 50.1 Å². The third-order valence-corrected chi connectivity index (χ3v) is 4.42. The van der Waals surface area contributed by atoms with Crippen molar-refractivity contribution in [3.05, 3.63) is 65.5 Å². The number of aromatic nitrogens is 2. The van der Waals surface area contributed by atoms with Crippen LogP contribution in [0.5, 0.6) is 0 Å². The average molecular weight is 377 g/mol. The molecular formula is C21H23N5O2. The molecule has 2 aromatic carbocycles. The first-order chi connectivity index (χ1) is 13.5. The van der Waals surface area contributed by atoms with E-state index < -0.39 is 5.97 Å². The van der Waals surface area contributed by atoms with Crippen molar-refractivity contribution in [2.24, 2.45) is 0 Å². The fraction of sp³-hybridized carbons (Fsp3) is 0.190. The fourth-order valence-electron chi connectivity index (χ4n) is 2.72. The highest BCUT2D eigenvalue weighted by Gasteiger charge is 2.15. The van der Waals surface area contributed by atoms with Crippen LogP contribution in [0.2, 0.25) is 0 Å². The SMILES string of the molecule is CCOC(=O)c1ccccc1Nc1ncnc(Nc2cccc(C)c2C)c1N. The van der Waals surface area contributed by atoms with Crippen LogP contribution in [0.4, 0.5) is 28.7 Å². The summed E-state index contributed by atoms with van der Waals surface area (Å²) < 4.78 is 5.11. The third-order valence-electron chi connectivity index (χ3n) is 4.42. The molecule has 144 valence electrons. The molecule has 0 bridgehead atoms. The quantitative estimate of drug-likeness (QED) is 0.549. The number of rotatable bonds is 6. The summed E-state index contributed by atoms with van der Waals surface area (Å²) in [6.45, 7) is 6.14. The number of nitrogen functional groups attached to an aromatic ring is 1. The first kappa shape index (κ1) is 19.2. The Balaban J connectivity index is 1.90. The molecule has 0 fully saturated rings. The Morgan fingerprint density at radius 1 is 1.00 bits per heavy atom. The fourth-order valence-corrected chi connectivity index (χ4v) is 2.72. The number of nitrogens with zero attached hydrogens (tertiary/aromatic N) is 2. The van der Waals surface area contributed by atoms with E-state index in [2.05, 4.69) is 20.6 Å². The lowest BCUT2D eigenvalue weighted by molar-refractivity contribution is 0.0527. The molecule has 3 aromatic rings. The van der Waals surface area contributed by atoms with Crippen LogP contribution in [0.15, 0.2) is 48.8 Å². The number of hydrogen-bond donors (Lipinski definition) is 3. The highest BCUT2D eigenvalue weighted by molar-refractivity contribution is 5.97. The van der Waals surface area contributed by atoms with Gasteiger partial charge in [-0.1, -0.05) is 24.3 Å². The van der Waals surface area contributed by atoms with Gasteiger partial charge in [-0.2, -0.15) is 0 Å². The number of para-hydroxylation sites is 1. The summed E-state index contributed by atoms with van der Waals surface area (Å²) >= 11 is 0. The smallest absolute Gasteiger partial charge is 0.340 e. The first-order valence-corrected chi connectivity index (χ1v) is 8.98. The molecule has 0 aliphatic heterocycles. The predicted molar refractivity (Wildman–Crippen MR) is 111 cm³/mol. The molecule has 28 heavy (non-hydrogen) atoms. The number of ether oxygens (including phenoxy) is 1. The van der Waals surface area contributed by atoms with Crippen molar-refractivity contribution in [1.29, 1.82) is 0 Å². The maximum atomic E-state index is 12.2. The monoisotopic (exact) mass is 377 g/mol. The number of anilines is 5. The second kappa shape index (κ2) is 8.39. The topological polar surface area (TPSA) is 102 Å². The van der Waals surface area contributed by atoms with E-state index in [0.717, 1.165) is 11.3 Å². The van der Waals surface area contributed by atoms with Crippen LogP contribution in [0.1, 0.15) is 28.4 Å². The van der Waals surface area contributed by atoms with Gasteiger partial charge in [-0.3, -0.25) is 0 Å². The molecule has 3 rings (SSSR count). The molecule has 1 heterocycles. The first-order valence-electron chi connectivity index (χ1n) is 8.98. The number of hydrogen-bond acceptors (Lipinski definition) is 7. The van der Waals surface area contributed by atoms with Crippen molar-refractivity contribution in [2.45, 2.75) is 20.8 Å². The number of esters is 1. The Hall–Kier alpha value is -3.61. The van der Waals surface area contributed by atoms with Gasteiger partial charge in [0.05, 0.1) is 17.9 Å². The second-order valence-corrected chi connectivity index (χ2v) is 6.25. The largest absolute Gasteiger partial charge is 0.462 e. The highest BCUT2D eigenvalue weighted by Crippen LogP contribution is 2.30. The number of nitrogens with two attached hydrogens (primary N) is 1. The molecule has 0 aliphatic rings. The van der Waals surface area contributed by atoms with Crippen molar-refractivity contribution in [3.63, 3.8) is 0 Å². The number of benzene rings is 2. The Morgan fingerprint density at radius 2 is 1.64 bits per heavy atom. The van der Waals surface area contributed by atoms with Crippen molar-refractivity contribution >= 4 is 34.7 Å². The Labute approximate surface area is 164 Å². The van der Waals surface area contributed by atoms with E-state index in [4.69, 9.17) is 10.5 Å². The molecule has 0 spiro atoms. The summed E-state index contributed by atoms with van der Waals surface area (Å²) in [5.74, 6) is 0.478. The van der Waals surface area contributed by atoms with E-state index in [0.29, 0.717) is 35.2 Å². The lowest BCUT2D eigenvalue weighted by atomic mass is 10.1. The van der Waals surface area contributed by atoms with Crippen LogP contribution in [0, 0.1) is 13.8 Å². The zero-order valence-electron chi connectivity index (χ0n) is 16.1. The predicted octanol–water partition coefficient (Wildman–Crippen LogP) is 4.34. The van der Waals surface area contributed by atoms with Crippen LogP contribution in [-0.2, 0) is 4.74 Å². The molecule has 1 aromatic heterocycles. The van der Waals surface area contributed by atoms with Crippen LogP contribution in [0.25, 0.3) is 0 Å². The molecule has 0 unspecified atom stereocenters. The maximum Gasteiger partial charge on any atom is 0.340 e. The summed E-state index contributed by atoms with van der Waals surface area (Å²) in [4.78, 5) is 20.7. The molecule has 7 heteroatoms. The Bertz CT molecular complexity index is 1000. The van der Waals surface area contributed by atoms with Gasteiger partial charge >= 0.3 is 5.97 Å². The van der Waals surface area contributed by atoms with E-state index in [1.54, 1.807) is 25.1 Å². The number of carbonyl (C=O) groups excluding carboxylic acids is 1. The molecule has 0 amide bonds. The van der Waals surface area contributed by atoms with E-state index in [-0.39, 0.29) is 0 Å². The van der Waals surface area contributed by atoms with Crippen LogP contribution >= 0.6 is 0 Å². The second-order valence-electron chi connectivity index (χ2n) is 6.25. The Kier molecular flexibility index (Phi) is 5.74. The van der Waals surface area contributed by atoms with Crippen molar-refractivity contribution in [2.75, 3.05) is 23.0 Å². The molecule has 0 saturated heterocycles. The van der Waals surface area contributed by atoms with Gasteiger partial charge in [-0.15, -0.1) is 0 Å². The molecular weight excluding hydrogens is 354 g/mol. The number of nitrogens with one attached hydrogen (secondary N) is 2. The minimum atomic E-state index is -0.410. The van der Waals surface area contributed by atoms with Gasteiger partial charge in [0.1, 0.15) is 12.0 Å². The lowest BCUT2D eigenvalue weighted by Crippen LogP contribution is -2.10. The average Bonchev–Trinajstić information content (AvgIpc) is 2.69. The van der Waals surface area contributed by atoms with Gasteiger partial charge in [0.15, 0.2) is 11.6 Å². The van der Waals surface area contributed by atoms with Gasteiger partial charge in [0, 0.05) is 5.69 Å². The number of carbonyl (C=O) groups is 1. The lowest BCUT2D eigenvalue weighted by Gasteiger charge is -2.15. The molecule has 0 aliphatic carbocycles. The van der Waals surface area contributed by atoms with Gasteiger partial charge < -0.3 is 21.1 Å². The van der Waals surface area contributed by atoms with Crippen molar-refractivity contribution < 1.29 is 9.53 Å². The minimum absolute atomic E-state index is 0.298. The van der Waals surface area contributed by atoms with E-state index in [1.807, 2.05) is 38.1 Å². The minimum Gasteiger partial charge on any atom is -0.462 e. The summed E-state index contributed by atoms with van der Waals surface area (Å²) in [5, 5.41) is 6.37. The highest BCUT2D eigenvalue weighted by atomic mass is 16.5. The molecule has 7 nitrogen and oxygen atoms in total. The molecule has 0 saturated carbocycles. The molecule has 0 radical (unpaired) electrons. The van der Waals surface area contributed by atoms with E-state index in [9.17, 15) is 4.79 Å². The van der Waals surface area contributed by atoms with Crippen LogP contribution in [-0.4, -0.2) is 22.5 Å². The van der Waals surface area contributed by atoms with Crippen LogP contribution in [0.3, 0.4) is 0 Å². The normalized spacial score (nSPS) is 10.4. The van der Waals surface area contributed by atoms with Gasteiger partial charge in [0.25, 0.3) is 0 Å². The standard InChI is InChI=1S/C21H23N5O2/c1-4-28-21(27)15-9-5-6-10-17(15)26-20-18(22)19(23-12-24-20)25-16-11-7-8-13(2)14(16)3/h5-12H,4,22H2,1-3H3,(H2,23,24,25,26). The maximum absolute atomic E-state index is 12.2. The summed E-state index contributed by atoms with van der Waals surface area (Å²) in [5.41, 5.74) is 10.8. The van der Waals surface area contributed by atoms with Crippen molar-refractivity contribution in [1.82, 2.24) is 9.97 Å². The zero-order valence-corrected chi connectivity index (χ0v) is 16.1. The van der Waals surface area contributed by atoms with Crippen LogP contribution < -0.4 is 16.4 Å². The van der Waals surface area contributed by atoms with Gasteiger partial charge in [-0.25, -0.2) is 14.8 Å². The Morgan fingerprint density at radius 3 is 2.36 bits per heavy atom. The molecule has 0 atom stereocenters. The van der Waals surface area contributed by atoms with E-state index in [1.165, 1.54) is 11.9 Å². The third kappa shape index (κ3) is 4.03.